The van der Waals surface area contributed by atoms with Crippen molar-refractivity contribution in [2.75, 3.05) is 20.3 Å². The van der Waals surface area contributed by atoms with Gasteiger partial charge in [-0.15, -0.1) is 0 Å². The lowest BCUT2D eigenvalue weighted by molar-refractivity contribution is 0.282. The third-order valence-electron chi connectivity index (χ3n) is 2.81. The van der Waals surface area contributed by atoms with Crippen molar-refractivity contribution in [2.24, 2.45) is 0 Å². The van der Waals surface area contributed by atoms with E-state index in [2.05, 4.69) is 4.72 Å². The van der Waals surface area contributed by atoms with Crippen LogP contribution in [0.25, 0.3) is 0 Å². The molecule has 7 heteroatoms. The molecule has 0 bridgehead atoms. The molecule has 0 aliphatic rings. The zero-order valence-corrected chi connectivity index (χ0v) is 12.2. The maximum absolute atomic E-state index is 13.5. The number of halogens is 1. The number of hydrogen-bond acceptors (Lipinski definition) is 4. The van der Waals surface area contributed by atoms with E-state index in [1.165, 1.54) is 19.2 Å². The minimum Gasteiger partial charge on any atom is -0.494 e. The van der Waals surface area contributed by atoms with Gasteiger partial charge in [0.05, 0.1) is 12.0 Å². The number of aliphatic hydroxyl groups is 1. The lowest BCUT2D eigenvalue weighted by Crippen LogP contribution is -2.24. The van der Waals surface area contributed by atoms with Gasteiger partial charge in [-0.25, -0.2) is 17.5 Å². The van der Waals surface area contributed by atoms with E-state index in [1.54, 1.807) is 0 Å². The van der Waals surface area contributed by atoms with E-state index in [4.69, 9.17) is 9.84 Å². The Kier molecular flexibility index (Phi) is 6.90. The zero-order chi connectivity index (χ0) is 15.0. The first kappa shape index (κ1) is 16.9. The molecule has 0 aliphatic carbocycles. The summed E-state index contributed by atoms with van der Waals surface area (Å²) in [7, 11) is -2.38. The number of sulfonamides is 1. The molecule has 0 aliphatic heterocycles. The molecule has 0 saturated carbocycles. The maximum atomic E-state index is 13.5. The van der Waals surface area contributed by atoms with E-state index in [9.17, 15) is 12.8 Å². The van der Waals surface area contributed by atoms with Crippen LogP contribution in [0.2, 0.25) is 0 Å². The fourth-order valence-corrected chi connectivity index (χ4v) is 2.78. The van der Waals surface area contributed by atoms with Gasteiger partial charge in [0.15, 0.2) is 11.6 Å². The normalized spacial score (nSPS) is 11.6. The summed E-state index contributed by atoms with van der Waals surface area (Å²) in [6.07, 6.45) is 3.09. The van der Waals surface area contributed by atoms with Crippen molar-refractivity contribution < 1.29 is 22.7 Å². The van der Waals surface area contributed by atoms with Crippen LogP contribution in [0.4, 0.5) is 4.39 Å². The molecule has 20 heavy (non-hydrogen) atoms. The molecule has 2 N–H and O–H groups in total. The Morgan fingerprint density at radius 3 is 2.55 bits per heavy atom. The average Bonchev–Trinajstić information content (AvgIpc) is 2.42. The summed E-state index contributed by atoms with van der Waals surface area (Å²) >= 11 is 0. The zero-order valence-electron chi connectivity index (χ0n) is 11.4. The minimum absolute atomic E-state index is 0.00736. The molecule has 0 aromatic heterocycles. The summed E-state index contributed by atoms with van der Waals surface area (Å²) in [6.45, 7) is 0.443. The number of ether oxygens (including phenoxy) is 1. The van der Waals surface area contributed by atoms with E-state index < -0.39 is 15.8 Å². The quantitative estimate of drug-likeness (QED) is 0.680. The van der Waals surface area contributed by atoms with Crippen molar-refractivity contribution in [1.82, 2.24) is 4.72 Å². The van der Waals surface area contributed by atoms with Crippen LogP contribution in [0.3, 0.4) is 0 Å². The van der Waals surface area contributed by atoms with Crippen molar-refractivity contribution in [2.45, 2.75) is 30.6 Å². The van der Waals surface area contributed by atoms with Crippen molar-refractivity contribution in [3.8, 4) is 5.75 Å². The van der Waals surface area contributed by atoms with Gasteiger partial charge in [0.25, 0.3) is 0 Å². The molecule has 114 valence electrons. The van der Waals surface area contributed by atoms with Crippen LogP contribution >= 0.6 is 0 Å². The fraction of sp³-hybridized carbons (Fsp3) is 0.538. The molecule has 0 atom stereocenters. The number of nitrogens with one attached hydrogen (secondary N) is 1. The number of unbranched alkanes of at least 4 members (excludes halogenated alkanes) is 3. The van der Waals surface area contributed by atoms with Gasteiger partial charge in [-0.3, -0.25) is 0 Å². The number of methoxy groups -OCH3 is 1. The lowest BCUT2D eigenvalue weighted by Gasteiger charge is -2.08. The van der Waals surface area contributed by atoms with Gasteiger partial charge >= 0.3 is 0 Å². The van der Waals surface area contributed by atoms with Crippen molar-refractivity contribution in [3.63, 3.8) is 0 Å². The smallest absolute Gasteiger partial charge is 0.240 e. The monoisotopic (exact) mass is 305 g/mol. The summed E-state index contributed by atoms with van der Waals surface area (Å²) in [5.74, 6) is -0.703. The predicted octanol–water partition coefficient (Wildman–Crippen LogP) is 1.67. The molecular weight excluding hydrogens is 285 g/mol. The molecule has 0 unspecified atom stereocenters. The van der Waals surface area contributed by atoms with Gasteiger partial charge in [-0.05, 0) is 31.0 Å². The molecule has 1 aromatic rings. The van der Waals surface area contributed by atoms with Crippen molar-refractivity contribution >= 4 is 10.0 Å². The van der Waals surface area contributed by atoms with E-state index in [-0.39, 0.29) is 17.3 Å². The summed E-state index contributed by atoms with van der Waals surface area (Å²) in [4.78, 5) is -0.119. The first-order valence-electron chi connectivity index (χ1n) is 6.45. The maximum Gasteiger partial charge on any atom is 0.240 e. The second-order valence-corrected chi connectivity index (χ2v) is 6.10. The summed E-state index contributed by atoms with van der Waals surface area (Å²) < 4.78 is 44.5. The Morgan fingerprint density at radius 2 is 1.95 bits per heavy atom. The summed E-state index contributed by atoms with van der Waals surface area (Å²) in [5, 5.41) is 8.61. The molecule has 5 nitrogen and oxygen atoms in total. The second-order valence-electron chi connectivity index (χ2n) is 4.33. The highest BCUT2D eigenvalue weighted by molar-refractivity contribution is 7.89. The molecule has 0 spiro atoms. The largest absolute Gasteiger partial charge is 0.494 e. The summed E-state index contributed by atoms with van der Waals surface area (Å²) in [5.41, 5.74) is 0. The van der Waals surface area contributed by atoms with Crippen LogP contribution < -0.4 is 9.46 Å². The third-order valence-corrected chi connectivity index (χ3v) is 4.27. The van der Waals surface area contributed by atoms with Crippen LogP contribution in [-0.2, 0) is 10.0 Å². The van der Waals surface area contributed by atoms with Gasteiger partial charge in [0, 0.05) is 13.2 Å². The Hall–Kier alpha value is -1.18. The number of hydrogen-bond donors (Lipinski definition) is 2. The molecule has 1 rings (SSSR count). The molecule has 0 saturated heterocycles. The van der Waals surface area contributed by atoms with Crippen LogP contribution in [-0.4, -0.2) is 33.8 Å². The van der Waals surface area contributed by atoms with Crippen molar-refractivity contribution in [3.05, 3.63) is 24.0 Å². The van der Waals surface area contributed by atoms with E-state index >= 15 is 0 Å². The molecule has 1 aromatic carbocycles. The highest BCUT2D eigenvalue weighted by Crippen LogP contribution is 2.20. The van der Waals surface area contributed by atoms with Crippen LogP contribution in [0.15, 0.2) is 23.1 Å². The Balaban J connectivity index is 2.54. The first-order valence-corrected chi connectivity index (χ1v) is 7.93. The molecule has 0 fully saturated rings. The molecule has 0 heterocycles. The van der Waals surface area contributed by atoms with Crippen molar-refractivity contribution in [1.29, 1.82) is 0 Å². The third kappa shape index (κ3) is 5.07. The number of rotatable bonds is 9. The SMILES string of the molecule is COc1ccc(S(=O)(=O)NCCCCCCO)cc1F. The van der Waals surface area contributed by atoms with Crippen LogP contribution in [0.1, 0.15) is 25.7 Å². The highest BCUT2D eigenvalue weighted by atomic mass is 32.2. The molecular formula is C13H20FNO4S. The topological polar surface area (TPSA) is 75.6 Å². The summed E-state index contributed by atoms with van der Waals surface area (Å²) in [6, 6.07) is 3.52. The Morgan fingerprint density at radius 1 is 1.25 bits per heavy atom. The Bertz CT molecular complexity index is 519. The second kappa shape index (κ2) is 8.18. The van der Waals surface area contributed by atoms with Gasteiger partial charge in [0.2, 0.25) is 10.0 Å². The van der Waals surface area contributed by atoms with Gasteiger partial charge in [-0.2, -0.15) is 0 Å². The van der Waals surface area contributed by atoms with Gasteiger partial charge in [0.1, 0.15) is 0 Å². The fourth-order valence-electron chi connectivity index (χ4n) is 1.69. The molecule has 0 amide bonds. The average molecular weight is 305 g/mol. The van der Waals surface area contributed by atoms with Gasteiger partial charge < -0.3 is 9.84 Å². The van der Waals surface area contributed by atoms with Crippen LogP contribution in [0.5, 0.6) is 5.75 Å². The first-order chi connectivity index (χ1) is 9.51. The highest BCUT2D eigenvalue weighted by Gasteiger charge is 2.15. The van der Waals surface area contributed by atoms with E-state index in [0.717, 1.165) is 25.3 Å². The molecule has 0 radical (unpaired) electrons. The predicted molar refractivity (Wildman–Crippen MR) is 73.7 cm³/mol. The van der Waals surface area contributed by atoms with E-state index in [1.807, 2.05) is 0 Å². The van der Waals surface area contributed by atoms with Gasteiger partial charge in [-0.1, -0.05) is 12.8 Å². The lowest BCUT2D eigenvalue weighted by atomic mass is 10.2. The standard InChI is InChI=1S/C13H20FNO4S/c1-19-13-7-6-11(10-12(13)14)20(17,18)15-8-4-2-3-5-9-16/h6-7,10,15-16H,2-5,8-9H2,1H3. The minimum atomic E-state index is -3.70. The Labute approximate surface area is 118 Å². The number of aliphatic hydroxyl groups excluding tert-OH is 1. The van der Waals surface area contributed by atoms with E-state index in [0.29, 0.717) is 13.0 Å². The number of benzene rings is 1. The van der Waals surface area contributed by atoms with Crippen LogP contribution in [0, 0.1) is 5.82 Å².